The van der Waals surface area contributed by atoms with E-state index in [-0.39, 0.29) is 36.4 Å². The SMILES string of the molecule is CCOc1cc(C2CC(=O)Nc3n[nH]c(C(=O)NC)c32)ccc1O.O=CO. The minimum Gasteiger partial charge on any atom is -0.504 e. The predicted octanol–water partition coefficient (Wildman–Crippen LogP) is 1.05. The third-order valence-electron chi connectivity index (χ3n) is 3.94. The Balaban J connectivity index is 0.000000817. The van der Waals surface area contributed by atoms with Crippen LogP contribution in [0.3, 0.4) is 0 Å². The summed E-state index contributed by atoms with van der Waals surface area (Å²) in [6.07, 6.45) is 0.173. The lowest BCUT2D eigenvalue weighted by atomic mass is 9.85. The van der Waals surface area contributed by atoms with Gasteiger partial charge in [0.25, 0.3) is 12.4 Å². The molecule has 1 unspecified atom stereocenters. The van der Waals surface area contributed by atoms with Gasteiger partial charge in [0.05, 0.1) is 6.61 Å². The van der Waals surface area contributed by atoms with Gasteiger partial charge in [0, 0.05) is 24.9 Å². The fourth-order valence-electron chi connectivity index (χ4n) is 2.86. The van der Waals surface area contributed by atoms with Gasteiger partial charge < -0.3 is 25.6 Å². The second kappa shape index (κ2) is 8.70. The first-order chi connectivity index (χ1) is 13.0. The molecule has 0 bridgehead atoms. The van der Waals surface area contributed by atoms with Crippen molar-refractivity contribution >= 4 is 24.1 Å². The standard InChI is InChI=1S/C16H18N4O4.CH2O2/c1-3-24-11-6-8(4-5-10(11)21)9-7-12(22)18-15-13(9)14(19-20-15)16(23)17-2;2-1-3/h4-6,9,21H,3,7H2,1-2H3,(H,17,23)(H2,18,19,20,22);1H,(H,2,3). The molecule has 0 spiro atoms. The van der Waals surface area contributed by atoms with Crippen LogP contribution in [0.5, 0.6) is 11.5 Å². The number of aromatic nitrogens is 2. The molecule has 0 saturated carbocycles. The molecule has 1 aromatic carbocycles. The van der Waals surface area contributed by atoms with Crippen LogP contribution in [-0.2, 0) is 9.59 Å². The first-order valence-corrected chi connectivity index (χ1v) is 8.10. The van der Waals surface area contributed by atoms with Crippen molar-refractivity contribution in [1.29, 1.82) is 0 Å². The van der Waals surface area contributed by atoms with Gasteiger partial charge in [-0.15, -0.1) is 0 Å². The Labute approximate surface area is 154 Å². The lowest BCUT2D eigenvalue weighted by Crippen LogP contribution is -2.26. The van der Waals surface area contributed by atoms with Crippen molar-refractivity contribution in [3.63, 3.8) is 0 Å². The molecule has 27 heavy (non-hydrogen) atoms. The van der Waals surface area contributed by atoms with Crippen molar-refractivity contribution in [2.24, 2.45) is 0 Å². The maximum Gasteiger partial charge on any atom is 0.290 e. The van der Waals surface area contributed by atoms with Gasteiger partial charge in [0.2, 0.25) is 5.91 Å². The second-order valence-corrected chi connectivity index (χ2v) is 5.51. The van der Waals surface area contributed by atoms with E-state index >= 15 is 0 Å². The van der Waals surface area contributed by atoms with E-state index < -0.39 is 0 Å². The van der Waals surface area contributed by atoms with Crippen LogP contribution in [0, 0.1) is 0 Å². The van der Waals surface area contributed by atoms with Crippen LogP contribution < -0.4 is 15.4 Å². The molecule has 2 heterocycles. The van der Waals surface area contributed by atoms with Gasteiger partial charge >= 0.3 is 0 Å². The molecular weight excluding hydrogens is 356 g/mol. The number of ether oxygens (including phenoxy) is 1. The Hall–Kier alpha value is -3.56. The molecule has 1 atom stereocenters. The number of benzene rings is 1. The molecule has 0 radical (unpaired) electrons. The van der Waals surface area contributed by atoms with Crippen LogP contribution in [0.1, 0.15) is 40.9 Å². The Morgan fingerprint density at radius 2 is 2.19 bits per heavy atom. The zero-order chi connectivity index (χ0) is 20.0. The lowest BCUT2D eigenvalue weighted by Gasteiger charge is -2.23. The van der Waals surface area contributed by atoms with Crippen LogP contribution in [0.25, 0.3) is 0 Å². The van der Waals surface area contributed by atoms with Crippen molar-refractivity contribution in [3.05, 3.63) is 35.0 Å². The van der Waals surface area contributed by atoms with Crippen LogP contribution >= 0.6 is 0 Å². The number of amides is 2. The highest BCUT2D eigenvalue weighted by Crippen LogP contribution is 2.40. The zero-order valence-electron chi connectivity index (χ0n) is 14.8. The van der Waals surface area contributed by atoms with E-state index in [2.05, 4.69) is 20.8 Å². The number of nitrogens with one attached hydrogen (secondary N) is 3. The average molecular weight is 376 g/mol. The summed E-state index contributed by atoms with van der Waals surface area (Å²) in [4.78, 5) is 32.4. The van der Waals surface area contributed by atoms with Crippen LogP contribution in [0.4, 0.5) is 5.82 Å². The largest absolute Gasteiger partial charge is 0.504 e. The maximum atomic E-state index is 12.1. The summed E-state index contributed by atoms with van der Waals surface area (Å²) in [6.45, 7) is 1.97. The quantitative estimate of drug-likeness (QED) is 0.500. The number of carbonyl (C=O) groups excluding carboxylic acids is 2. The molecule has 1 aromatic heterocycles. The monoisotopic (exact) mass is 376 g/mol. The molecule has 0 saturated heterocycles. The van der Waals surface area contributed by atoms with Crippen molar-refractivity contribution in [2.75, 3.05) is 19.0 Å². The number of fused-ring (bicyclic) bond motifs is 1. The van der Waals surface area contributed by atoms with E-state index in [1.54, 1.807) is 12.1 Å². The number of anilines is 1. The first-order valence-electron chi connectivity index (χ1n) is 8.10. The molecule has 3 rings (SSSR count). The number of hydrogen-bond acceptors (Lipinski definition) is 6. The molecule has 144 valence electrons. The number of nitrogens with zero attached hydrogens (tertiary/aromatic N) is 1. The molecule has 2 aromatic rings. The number of aromatic hydroxyl groups is 1. The summed E-state index contributed by atoms with van der Waals surface area (Å²) < 4.78 is 5.41. The van der Waals surface area contributed by atoms with Gasteiger partial charge in [-0.2, -0.15) is 5.10 Å². The Bertz CT molecular complexity index is 848. The molecular formula is C17H20N4O6. The van der Waals surface area contributed by atoms with Gasteiger partial charge in [0.1, 0.15) is 5.69 Å². The number of hydrogen-bond donors (Lipinski definition) is 5. The van der Waals surface area contributed by atoms with Gasteiger partial charge in [-0.25, -0.2) is 0 Å². The topological polar surface area (TPSA) is 154 Å². The summed E-state index contributed by atoms with van der Waals surface area (Å²) in [6, 6.07) is 4.92. The molecule has 10 heteroatoms. The fraction of sp³-hybridized carbons (Fsp3) is 0.294. The number of aromatic amines is 1. The molecule has 10 nitrogen and oxygen atoms in total. The fourth-order valence-corrected chi connectivity index (χ4v) is 2.86. The maximum absolute atomic E-state index is 12.1. The van der Waals surface area contributed by atoms with Crippen LogP contribution in [0.2, 0.25) is 0 Å². The number of H-pyrrole nitrogens is 1. The van der Waals surface area contributed by atoms with Crippen LogP contribution in [0.15, 0.2) is 18.2 Å². The van der Waals surface area contributed by atoms with Gasteiger partial charge in [0.15, 0.2) is 17.3 Å². The Morgan fingerprint density at radius 1 is 1.48 bits per heavy atom. The molecule has 5 N–H and O–H groups in total. The molecule has 0 aliphatic carbocycles. The number of carbonyl (C=O) groups is 3. The van der Waals surface area contributed by atoms with E-state index in [1.165, 1.54) is 13.1 Å². The van der Waals surface area contributed by atoms with Gasteiger partial charge in [-0.05, 0) is 24.6 Å². The second-order valence-electron chi connectivity index (χ2n) is 5.51. The number of phenols is 1. The summed E-state index contributed by atoms with van der Waals surface area (Å²) in [5, 5.41) is 28.7. The van der Waals surface area contributed by atoms with Crippen molar-refractivity contribution in [3.8, 4) is 11.5 Å². The predicted molar refractivity (Wildman–Crippen MR) is 95.0 cm³/mol. The zero-order valence-corrected chi connectivity index (χ0v) is 14.8. The van der Waals surface area contributed by atoms with Crippen molar-refractivity contribution < 1.29 is 29.3 Å². The number of carboxylic acid groups (broad SMARTS) is 1. The highest BCUT2D eigenvalue weighted by atomic mass is 16.5. The third-order valence-corrected chi connectivity index (χ3v) is 3.94. The smallest absolute Gasteiger partial charge is 0.290 e. The number of phenolic OH excluding ortho intramolecular Hbond substituents is 1. The normalized spacial score (nSPS) is 14.9. The highest BCUT2D eigenvalue weighted by molar-refractivity contribution is 6.00. The number of rotatable bonds is 4. The Kier molecular flexibility index (Phi) is 6.36. The molecule has 1 aliphatic heterocycles. The Morgan fingerprint density at radius 3 is 2.81 bits per heavy atom. The van der Waals surface area contributed by atoms with E-state index in [9.17, 15) is 14.7 Å². The molecule has 1 aliphatic rings. The molecule has 2 amide bonds. The summed E-state index contributed by atoms with van der Waals surface area (Å²) in [5.74, 6) is -0.144. The first kappa shape index (κ1) is 19.8. The third kappa shape index (κ3) is 4.17. The van der Waals surface area contributed by atoms with Crippen molar-refractivity contribution in [1.82, 2.24) is 15.5 Å². The van der Waals surface area contributed by atoms with E-state index in [0.717, 1.165) is 5.56 Å². The summed E-state index contributed by atoms with van der Waals surface area (Å²) in [5.41, 5.74) is 1.70. The van der Waals surface area contributed by atoms with E-state index in [4.69, 9.17) is 14.6 Å². The summed E-state index contributed by atoms with van der Waals surface area (Å²) in [7, 11) is 1.53. The lowest BCUT2D eigenvalue weighted by molar-refractivity contribution is -0.123. The summed E-state index contributed by atoms with van der Waals surface area (Å²) >= 11 is 0. The van der Waals surface area contributed by atoms with Gasteiger partial charge in [-0.1, -0.05) is 6.07 Å². The average Bonchev–Trinajstić information content (AvgIpc) is 3.07. The minimum atomic E-state index is -0.361. The highest BCUT2D eigenvalue weighted by Gasteiger charge is 2.33. The molecule has 0 fully saturated rings. The van der Waals surface area contributed by atoms with E-state index in [1.807, 2.05) is 6.92 Å². The van der Waals surface area contributed by atoms with Crippen molar-refractivity contribution in [2.45, 2.75) is 19.3 Å². The minimum absolute atomic E-state index is 0.0276. The van der Waals surface area contributed by atoms with E-state index in [0.29, 0.717) is 29.4 Å². The van der Waals surface area contributed by atoms with Crippen LogP contribution in [-0.4, -0.2) is 52.4 Å². The van der Waals surface area contributed by atoms with Gasteiger partial charge in [-0.3, -0.25) is 19.5 Å².